The van der Waals surface area contributed by atoms with E-state index in [1.165, 1.54) is 12.1 Å². The van der Waals surface area contributed by atoms with Crippen LogP contribution in [0.2, 0.25) is 5.02 Å². The Morgan fingerprint density at radius 3 is 2.71 bits per heavy atom. The van der Waals surface area contributed by atoms with Crippen molar-refractivity contribution in [2.24, 2.45) is 5.73 Å². The van der Waals surface area contributed by atoms with E-state index >= 15 is 0 Å². The quantitative estimate of drug-likeness (QED) is 0.930. The molecule has 3 nitrogen and oxygen atoms in total. The standard InChI is InChI=1S/C16H14ClFN2O/c1-10(20)13-2-3-16(15(17)7-13)21-9-12-4-11(8-19)5-14(18)6-12/h2-7,10H,9,20H2,1H3. The Morgan fingerprint density at radius 1 is 1.33 bits per heavy atom. The Morgan fingerprint density at radius 2 is 2.10 bits per heavy atom. The topological polar surface area (TPSA) is 59.0 Å². The van der Waals surface area contributed by atoms with Gasteiger partial charge in [0.1, 0.15) is 18.2 Å². The van der Waals surface area contributed by atoms with Gasteiger partial charge >= 0.3 is 0 Å². The van der Waals surface area contributed by atoms with E-state index in [0.717, 1.165) is 5.56 Å². The molecule has 2 aromatic rings. The van der Waals surface area contributed by atoms with Crippen molar-refractivity contribution in [1.82, 2.24) is 0 Å². The number of rotatable bonds is 4. The second-order valence-corrected chi connectivity index (χ2v) is 5.13. The van der Waals surface area contributed by atoms with Crippen LogP contribution in [-0.2, 0) is 6.61 Å². The minimum absolute atomic E-state index is 0.113. The molecule has 0 aliphatic carbocycles. The van der Waals surface area contributed by atoms with E-state index < -0.39 is 5.82 Å². The number of hydrogen-bond donors (Lipinski definition) is 1. The molecule has 0 aliphatic rings. The minimum atomic E-state index is -0.467. The maximum Gasteiger partial charge on any atom is 0.138 e. The van der Waals surface area contributed by atoms with Crippen molar-refractivity contribution in [1.29, 1.82) is 5.26 Å². The third-order valence-corrected chi connectivity index (χ3v) is 3.26. The molecule has 0 fully saturated rings. The van der Waals surface area contributed by atoms with Crippen LogP contribution in [0, 0.1) is 17.1 Å². The van der Waals surface area contributed by atoms with Crippen LogP contribution in [0.25, 0.3) is 0 Å². The maximum absolute atomic E-state index is 13.3. The minimum Gasteiger partial charge on any atom is -0.487 e. The highest BCUT2D eigenvalue weighted by Crippen LogP contribution is 2.28. The second-order valence-electron chi connectivity index (χ2n) is 4.73. The average Bonchev–Trinajstić information content (AvgIpc) is 2.45. The SMILES string of the molecule is CC(N)c1ccc(OCc2cc(F)cc(C#N)c2)c(Cl)c1. The summed E-state index contributed by atoms with van der Waals surface area (Å²) in [7, 11) is 0. The molecular formula is C16H14ClFN2O. The zero-order valence-electron chi connectivity index (χ0n) is 11.4. The van der Waals surface area contributed by atoms with Crippen molar-refractivity contribution >= 4 is 11.6 Å². The first-order valence-electron chi connectivity index (χ1n) is 6.37. The van der Waals surface area contributed by atoms with Crippen LogP contribution in [0.3, 0.4) is 0 Å². The summed E-state index contributed by atoms with van der Waals surface area (Å²) in [6, 6.07) is 11.2. The summed E-state index contributed by atoms with van der Waals surface area (Å²) in [6.07, 6.45) is 0. The Bertz CT molecular complexity index is 695. The molecule has 0 aliphatic heterocycles. The normalized spacial score (nSPS) is 11.8. The predicted molar refractivity (Wildman–Crippen MR) is 79.5 cm³/mol. The smallest absolute Gasteiger partial charge is 0.138 e. The summed E-state index contributed by atoms with van der Waals surface area (Å²) in [5.41, 5.74) is 7.51. The van der Waals surface area contributed by atoms with Crippen LogP contribution in [-0.4, -0.2) is 0 Å². The third kappa shape index (κ3) is 3.94. The van der Waals surface area contributed by atoms with Gasteiger partial charge < -0.3 is 10.5 Å². The second kappa shape index (κ2) is 6.57. The monoisotopic (exact) mass is 304 g/mol. The van der Waals surface area contributed by atoms with Crippen LogP contribution in [0.1, 0.15) is 29.7 Å². The largest absolute Gasteiger partial charge is 0.487 e. The van der Waals surface area contributed by atoms with E-state index in [9.17, 15) is 4.39 Å². The van der Waals surface area contributed by atoms with Gasteiger partial charge in [-0.1, -0.05) is 17.7 Å². The van der Waals surface area contributed by atoms with Gasteiger partial charge in [-0.15, -0.1) is 0 Å². The zero-order valence-corrected chi connectivity index (χ0v) is 12.2. The lowest BCUT2D eigenvalue weighted by molar-refractivity contribution is 0.305. The molecule has 5 heteroatoms. The number of nitrogens with zero attached hydrogens (tertiary/aromatic N) is 1. The van der Waals surface area contributed by atoms with Gasteiger partial charge in [0.25, 0.3) is 0 Å². The van der Waals surface area contributed by atoms with E-state index in [1.54, 1.807) is 18.2 Å². The number of halogens is 2. The van der Waals surface area contributed by atoms with Crippen LogP contribution < -0.4 is 10.5 Å². The molecule has 0 bridgehead atoms. The summed E-state index contributed by atoms with van der Waals surface area (Å²) in [6.45, 7) is 1.99. The molecule has 108 valence electrons. The van der Waals surface area contributed by atoms with Crippen LogP contribution in [0.15, 0.2) is 36.4 Å². The molecule has 0 heterocycles. The van der Waals surface area contributed by atoms with E-state index in [4.69, 9.17) is 27.3 Å². The van der Waals surface area contributed by atoms with Crippen LogP contribution in [0.5, 0.6) is 5.75 Å². The van der Waals surface area contributed by atoms with Gasteiger partial charge in [0.05, 0.1) is 16.7 Å². The van der Waals surface area contributed by atoms with Gasteiger partial charge in [0, 0.05) is 6.04 Å². The highest BCUT2D eigenvalue weighted by Gasteiger charge is 2.07. The Labute approximate surface area is 127 Å². The van der Waals surface area contributed by atoms with Crippen molar-refractivity contribution in [2.45, 2.75) is 19.6 Å². The number of hydrogen-bond acceptors (Lipinski definition) is 3. The van der Waals surface area contributed by atoms with E-state index in [0.29, 0.717) is 16.3 Å². The molecule has 21 heavy (non-hydrogen) atoms. The summed E-state index contributed by atoms with van der Waals surface area (Å²) < 4.78 is 18.9. The van der Waals surface area contributed by atoms with Gasteiger partial charge in [0.2, 0.25) is 0 Å². The first-order valence-corrected chi connectivity index (χ1v) is 6.75. The fraction of sp³-hybridized carbons (Fsp3) is 0.188. The summed E-state index contributed by atoms with van der Waals surface area (Å²) in [5.74, 6) is 0.0230. The first-order chi connectivity index (χ1) is 9.99. The van der Waals surface area contributed by atoms with Gasteiger partial charge in [-0.25, -0.2) is 4.39 Å². The molecule has 0 aromatic heterocycles. The molecule has 2 aromatic carbocycles. The molecule has 0 radical (unpaired) electrons. The van der Waals surface area contributed by atoms with Crippen molar-refractivity contribution in [3.8, 4) is 11.8 Å². The number of ether oxygens (including phenoxy) is 1. The van der Waals surface area contributed by atoms with Crippen molar-refractivity contribution in [3.63, 3.8) is 0 Å². The summed E-state index contributed by atoms with van der Waals surface area (Å²) in [5, 5.41) is 9.25. The van der Waals surface area contributed by atoms with Gasteiger partial charge in [0.15, 0.2) is 0 Å². The van der Waals surface area contributed by atoms with E-state index in [2.05, 4.69) is 0 Å². The summed E-state index contributed by atoms with van der Waals surface area (Å²) >= 11 is 6.12. The van der Waals surface area contributed by atoms with Gasteiger partial charge in [-0.2, -0.15) is 5.26 Å². The highest BCUT2D eigenvalue weighted by atomic mass is 35.5. The average molecular weight is 305 g/mol. The lowest BCUT2D eigenvalue weighted by atomic mass is 10.1. The Hall–Kier alpha value is -2.09. The Balaban J connectivity index is 2.13. The van der Waals surface area contributed by atoms with Crippen molar-refractivity contribution < 1.29 is 9.13 Å². The lowest BCUT2D eigenvalue weighted by Crippen LogP contribution is -2.05. The van der Waals surface area contributed by atoms with Crippen molar-refractivity contribution in [2.75, 3.05) is 0 Å². The maximum atomic E-state index is 13.3. The molecule has 0 spiro atoms. The molecule has 0 saturated carbocycles. The van der Waals surface area contributed by atoms with Crippen LogP contribution in [0.4, 0.5) is 4.39 Å². The molecule has 0 amide bonds. The summed E-state index contributed by atoms with van der Waals surface area (Å²) in [4.78, 5) is 0. The number of nitriles is 1. The number of nitrogens with two attached hydrogens (primary N) is 1. The van der Waals surface area contributed by atoms with E-state index in [1.807, 2.05) is 19.1 Å². The van der Waals surface area contributed by atoms with E-state index in [-0.39, 0.29) is 18.2 Å². The first kappa shape index (κ1) is 15.3. The molecule has 0 saturated heterocycles. The Kier molecular flexibility index (Phi) is 4.79. The molecule has 1 unspecified atom stereocenters. The van der Waals surface area contributed by atoms with Gasteiger partial charge in [-0.05, 0) is 48.4 Å². The van der Waals surface area contributed by atoms with Crippen LogP contribution >= 0.6 is 11.6 Å². The molecular weight excluding hydrogens is 291 g/mol. The molecule has 2 rings (SSSR count). The van der Waals surface area contributed by atoms with Crippen molar-refractivity contribution in [3.05, 3.63) is 63.9 Å². The highest BCUT2D eigenvalue weighted by molar-refractivity contribution is 6.32. The fourth-order valence-electron chi connectivity index (χ4n) is 1.88. The lowest BCUT2D eigenvalue weighted by Gasteiger charge is -2.11. The zero-order chi connectivity index (χ0) is 15.4. The molecule has 1 atom stereocenters. The predicted octanol–water partition coefficient (Wildman–Crippen LogP) is 3.95. The molecule has 2 N–H and O–H groups in total. The fourth-order valence-corrected chi connectivity index (χ4v) is 2.12. The third-order valence-electron chi connectivity index (χ3n) is 2.96. The van der Waals surface area contributed by atoms with Gasteiger partial charge in [-0.3, -0.25) is 0 Å². The number of benzene rings is 2.